The third-order valence-electron chi connectivity index (χ3n) is 3.50. The fraction of sp³-hybridized carbons (Fsp3) is 0.188. The Hall–Kier alpha value is -1.83. The smallest absolute Gasteiger partial charge is 0.240 e. The minimum Gasteiger partial charge on any atom is -0.454 e. The Morgan fingerprint density at radius 2 is 1.88 bits per heavy atom. The van der Waals surface area contributed by atoms with E-state index in [1.54, 1.807) is 0 Å². The summed E-state index contributed by atoms with van der Waals surface area (Å²) < 4.78 is 37.7. The number of sulfonamides is 1. The highest BCUT2D eigenvalue weighted by molar-refractivity contribution is 14.1. The van der Waals surface area contributed by atoms with Gasteiger partial charge in [0.15, 0.2) is 11.5 Å². The topological polar surface area (TPSA) is 88.4 Å². The summed E-state index contributed by atoms with van der Waals surface area (Å²) >= 11 is 2.18. The lowest BCUT2D eigenvalue weighted by Crippen LogP contribution is -2.26. The van der Waals surface area contributed by atoms with E-state index in [0.29, 0.717) is 17.1 Å². The molecule has 0 aromatic heterocycles. The molecule has 3 rings (SSSR count). The van der Waals surface area contributed by atoms with Gasteiger partial charge in [-0.15, -0.1) is 0 Å². The zero-order valence-electron chi connectivity index (χ0n) is 12.4. The standard InChI is InChI=1S/C16H13IN2O4S/c17-14(12-3-6-15-16(7-12)23-10-22-15)9-19-24(20,21)13-4-1-11(8-18)2-5-13/h1-7,14,19H,9-10H2. The first-order valence-corrected chi connectivity index (χ1v) is 9.76. The molecule has 0 saturated heterocycles. The fourth-order valence-corrected chi connectivity index (χ4v) is 4.15. The van der Waals surface area contributed by atoms with E-state index in [-0.39, 0.29) is 22.2 Å². The molecule has 8 heteroatoms. The van der Waals surface area contributed by atoms with Crippen LogP contribution in [0.25, 0.3) is 0 Å². The Kier molecular flexibility index (Phi) is 4.93. The number of hydrogen-bond acceptors (Lipinski definition) is 5. The van der Waals surface area contributed by atoms with E-state index < -0.39 is 10.0 Å². The highest BCUT2D eigenvalue weighted by Gasteiger charge is 2.19. The monoisotopic (exact) mass is 456 g/mol. The van der Waals surface area contributed by atoms with Crippen molar-refractivity contribution in [3.05, 3.63) is 53.6 Å². The van der Waals surface area contributed by atoms with E-state index >= 15 is 0 Å². The van der Waals surface area contributed by atoms with Gasteiger partial charge in [0.05, 0.1) is 16.5 Å². The van der Waals surface area contributed by atoms with Crippen molar-refractivity contribution in [2.45, 2.75) is 8.82 Å². The van der Waals surface area contributed by atoms with E-state index in [0.717, 1.165) is 5.56 Å². The summed E-state index contributed by atoms with van der Waals surface area (Å²) in [5, 5.41) is 8.76. The number of fused-ring (bicyclic) bond motifs is 1. The summed E-state index contributed by atoms with van der Waals surface area (Å²) in [7, 11) is -3.62. The highest BCUT2D eigenvalue weighted by Crippen LogP contribution is 2.36. The van der Waals surface area contributed by atoms with Crippen LogP contribution >= 0.6 is 22.6 Å². The van der Waals surface area contributed by atoms with Gasteiger partial charge in [-0.2, -0.15) is 5.26 Å². The van der Waals surface area contributed by atoms with Gasteiger partial charge in [-0.25, -0.2) is 13.1 Å². The Bertz CT molecular complexity index is 891. The molecule has 0 aliphatic carbocycles. The Morgan fingerprint density at radius 1 is 1.17 bits per heavy atom. The molecule has 1 atom stereocenters. The van der Waals surface area contributed by atoms with Crippen LogP contribution in [0.1, 0.15) is 15.1 Å². The lowest BCUT2D eigenvalue weighted by Gasteiger charge is -2.13. The van der Waals surface area contributed by atoms with Crippen LogP contribution in [0.15, 0.2) is 47.4 Å². The second-order valence-corrected chi connectivity index (χ2v) is 8.34. The lowest BCUT2D eigenvalue weighted by atomic mass is 10.1. The van der Waals surface area contributed by atoms with Gasteiger partial charge in [-0.05, 0) is 42.0 Å². The van der Waals surface area contributed by atoms with Gasteiger partial charge in [0.1, 0.15) is 0 Å². The molecule has 0 amide bonds. The molecule has 2 aromatic carbocycles. The molecule has 1 aliphatic rings. The Morgan fingerprint density at radius 3 is 2.58 bits per heavy atom. The van der Waals surface area contributed by atoms with Crippen LogP contribution in [0.2, 0.25) is 0 Å². The van der Waals surface area contributed by atoms with Gasteiger partial charge in [-0.3, -0.25) is 0 Å². The van der Waals surface area contributed by atoms with Crippen LogP contribution in [0.4, 0.5) is 0 Å². The maximum atomic E-state index is 12.3. The molecular formula is C16H13IN2O4S. The minimum atomic E-state index is -3.62. The molecule has 2 aromatic rings. The minimum absolute atomic E-state index is 0.0646. The van der Waals surface area contributed by atoms with E-state index in [4.69, 9.17) is 14.7 Å². The molecule has 0 radical (unpaired) electrons. The van der Waals surface area contributed by atoms with Crippen molar-refractivity contribution >= 4 is 32.6 Å². The number of hydrogen-bond donors (Lipinski definition) is 1. The van der Waals surface area contributed by atoms with Crippen molar-refractivity contribution in [2.24, 2.45) is 0 Å². The van der Waals surface area contributed by atoms with Crippen molar-refractivity contribution < 1.29 is 17.9 Å². The van der Waals surface area contributed by atoms with Gasteiger partial charge in [0.2, 0.25) is 16.8 Å². The molecule has 0 spiro atoms. The first-order valence-electron chi connectivity index (χ1n) is 7.03. The fourth-order valence-electron chi connectivity index (χ4n) is 2.20. The molecular weight excluding hydrogens is 443 g/mol. The predicted octanol–water partition coefficient (Wildman–Crippen LogP) is 2.74. The summed E-state index contributed by atoms with van der Waals surface area (Å²) in [6, 6.07) is 13.3. The van der Waals surface area contributed by atoms with Gasteiger partial charge >= 0.3 is 0 Å². The number of rotatable bonds is 5. The Balaban J connectivity index is 1.68. The zero-order chi connectivity index (χ0) is 17.2. The Labute approximate surface area is 153 Å². The van der Waals surface area contributed by atoms with Crippen LogP contribution in [0.3, 0.4) is 0 Å². The number of benzene rings is 2. The third kappa shape index (κ3) is 3.63. The molecule has 124 valence electrons. The second-order valence-electron chi connectivity index (χ2n) is 5.07. The van der Waals surface area contributed by atoms with E-state index in [2.05, 4.69) is 27.3 Å². The lowest BCUT2D eigenvalue weighted by molar-refractivity contribution is 0.174. The molecule has 0 fully saturated rings. The molecule has 1 aliphatic heterocycles. The molecule has 24 heavy (non-hydrogen) atoms. The number of halogens is 1. The normalized spacial score (nSPS) is 14.2. The predicted molar refractivity (Wildman–Crippen MR) is 95.7 cm³/mol. The first-order chi connectivity index (χ1) is 11.5. The molecule has 0 bridgehead atoms. The van der Waals surface area contributed by atoms with Crippen LogP contribution in [-0.2, 0) is 10.0 Å². The van der Waals surface area contributed by atoms with E-state index in [1.807, 2.05) is 24.3 Å². The van der Waals surface area contributed by atoms with E-state index in [9.17, 15) is 8.42 Å². The number of ether oxygens (including phenoxy) is 2. The number of nitrogens with one attached hydrogen (secondary N) is 1. The number of nitrogens with zero attached hydrogens (tertiary/aromatic N) is 1. The first kappa shape index (κ1) is 17.0. The second kappa shape index (κ2) is 6.96. The summed E-state index contributed by atoms with van der Waals surface area (Å²) in [4.78, 5) is 0.135. The van der Waals surface area contributed by atoms with Crippen molar-refractivity contribution in [3.8, 4) is 17.6 Å². The molecule has 1 N–H and O–H groups in total. The van der Waals surface area contributed by atoms with Crippen molar-refractivity contribution in [3.63, 3.8) is 0 Å². The summed E-state index contributed by atoms with van der Waals surface area (Å²) in [6.45, 7) is 0.443. The maximum Gasteiger partial charge on any atom is 0.240 e. The van der Waals surface area contributed by atoms with Crippen LogP contribution in [0.5, 0.6) is 11.5 Å². The average Bonchev–Trinajstić information content (AvgIpc) is 3.07. The summed E-state index contributed by atoms with van der Waals surface area (Å²) in [6.07, 6.45) is 0. The van der Waals surface area contributed by atoms with Crippen molar-refractivity contribution in [1.29, 1.82) is 5.26 Å². The highest BCUT2D eigenvalue weighted by atomic mass is 127. The quantitative estimate of drug-likeness (QED) is 0.553. The molecule has 1 heterocycles. The number of nitriles is 1. The molecule has 0 saturated carbocycles. The van der Waals surface area contributed by atoms with Crippen LogP contribution in [-0.4, -0.2) is 21.8 Å². The van der Waals surface area contributed by atoms with Crippen molar-refractivity contribution in [1.82, 2.24) is 4.72 Å². The maximum absolute atomic E-state index is 12.3. The number of alkyl halides is 1. The average molecular weight is 456 g/mol. The SMILES string of the molecule is N#Cc1ccc(S(=O)(=O)NCC(I)c2ccc3c(c2)OCO3)cc1. The largest absolute Gasteiger partial charge is 0.454 e. The molecule has 6 nitrogen and oxygen atoms in total. The van der Waals surface area contributed by atoms with Gasteiger partial charge in [0.25, 0.3) is 0 Å². The van der Waals surface area contributed by atoms with Gasteiger partial charge < -0.3 is 9.47 Å². The van der Waals surface area contributed by atoms with Crippen LogP contribution in [0, 0.1) is 11.3 Å². The third-order valence-corrected chi connectivity index (χ3v) is 6.10. The molecule has 1 unspecified atom stereocenters. The van der Waals surface area contributed by atoms with Crippen molar-refractivity contribution in [2.75, 3.05) is 13.3 Å². The van der Waals surface area contributed by atoms with Gasteiger partial charge in [0, 0.05) is 10.5 Å². The van der Waals surface area contributed by atoms with E-state index in [1.165, 1.54) is 24.3 Å². The zero-order valence-corrected chi connectivity index (χ0v) is 15.4. The van der Waals surface area contributed by atoms with Crippen LogP contribution < -0.4 is 14.2 Å². The summed E-state index contributed by atoms with van der Waals surface area (Å²) in [5.74, 6) is 1.37. The van der Waals surface area contributed by atoms with Gasteiger partial charge in [-0.1, -0.05) is 28.7 Å². The summed E-state index contributed by atoms with van der Waals surface area (Å²) in [5.41, 5.74) is 1.36.